The Labute approximate surface area is 116 Å². The van der Waals surface area contributed by atoms with Crippen molar-refractivity contribution in [2.24, 2.45) is 7.05 Å². The highest BCUT2D eigenvalue weighted by molar-refractivity contribution is 5.90. The molecule has 0 radical (unpaired) electrons. The second kappa shape index (κ2) is 4.49. The van der Waals surface area contributed by atoms with Crippen LogP contribution in [0.1, 0.15) is 15.9 Å². The van der Waals surface area contributed by atoms with Crippen LogP contribution in [0.15, 0.2) is 42.6 Å². The number of nitrogens with zero attached hydrogens (tertiary/aromatic N) is 2. The van der Waals surface area contributed by atoms with E-state index in [0.717, 1.165) is 16.8 Å². The molecule has 0 bridgehead atoms. The summed E-state index contributed by atoms with van der Waals surface area (Å²) in [6.45, 7) is 2.08. The molecule has 0 spiro atoms. The van der Waals surface area contributed by atoms with Gasteiger partial charge in [-0.25, -0.2) is 4.79 Å². The number of hydrogen-bond acceptors (Lipinski definition) is 2. The van der Waals surface area contributed by atoms with Crippen LogP contribution in [-0.4, -0.2) is 20.6 Å². The topological polar surface area (TPSA) is 55.1 Å². The van der Waals surface area contributed by atoms with Gasteiger partial charge in [-0.05, 0) is 30.7 Å². The summed E-state index contributed by atoms with van der Waals surface area (Å²) < 4.78 is 2.09. The van der Waals surface area contributed by atoms with Crippen LogP contribution >= 0.6 is 0 Å². The van der Waals surface area contributed by atoms with Crippen molar-refractivity contribution in [3.05, 3.63) is 53.7 Å². The van der Waals surface area contributed by atoms with Gasteiger partial charge in [0.2, 0.25) is 0 Å². The van der Waals surface area contributed by atoms with Gasteiger partial charge < -0.3 is 9.67 Å². The zero-order chi connectivity index (χ0) is 14.3. The van der Waals surface area contributed by atoms with E-state index in [1.165, 1.54) is 17.3 Å². The van der Waals surface area contributed by atoms with Gasteiger partial charge in [0.1, 0.15) is 0 Å². The highest BCUT2D eigenvalue weighted by atomic mass is 16.4. The fraction of sp³-hybridized carbons (Fsp3) is 0.125. The first-order valence-electron chi connectivity index (χ1n) is 6.32. The van der Waals surface area contributed by atoms with Crippen LogP contribution < -0.4 is 0 Å². The van der Waals surface area contributed by atoms with Gasteiger partial charge in [0.15, 0.2) is 0 Å². The lowest BCUT2D eigenvalue weighted by atomic mass is 10.1. The highest BCUT2D eigenvalue weighted by Crippen LogP contribution is 2.27. The highest BCUT2D eigenvalue weighted by Gasteiger charge is 2.11. The summed E-state index contributed by atoms with van der Waals surface area (Å²) >= 11 is 0. The number of carboxylic acid groups (broad SMARTS) is 1. The van der Waals surface area contributed by atoms with Gasteiger partial charge >= 0.3 is 5.97 Å². The molecule has 0 saturated carbocycles. The summed E-state index contributed by atoms with van der Waals surface area (Å²) in [5.74, 6) is -0.961. The Morgan fingerprint density at radius 1 is 1.25 bits per heavy atom. The smallest absolute Gasteiger partial charge is 0.337 e. The predicted molar refractivity (Wildman–Crippen MR) is 77.8 cm³/mol. The van der Waals surface area contributed by atoms with Crippen LogP contribution in [0.4, 0.5) is 0 Å². The number of rotatable bonds is 2. The van der Waals surface area contributed by atoms with Crippen LogP contribution in [0, 0.1) is 6.92 Å². The average molecular weight is 266 g/mol. The van der Waals surface area contributed by atoms with E-state index in [4.69, 9.17) is 5.11 Å². The number of aromatic nitrogens is 2. The van der Waals surface area contributed by atoms with Crippen molar-refractivity contribution in [2.75, 3.05) is 0 Å². The molecular weight excluding hydrogens is 252 g/mol. The van der Waals surface area contributed by atoms with E-state index in [1.54, 1.807) is 12.1 Å². The fourth-order valence-electron chi connectivity index (χ4n) is 2.54. The molecule has 20 heavy (non-hydrogen) atoms. The standard InChI is InChI=1S/C16H14N2O2/c1-10-4-3-5-11-8-14(18(2)15(10)11)13-7-6-12(9-17-13)16(19)20/h3-9H,1-2H3,(H,19,20). The van der Waals surface area contributed by atoms with Gasteiger partial charge in [-0.3, -0.25) is 4.98 Å². The van der Waals surface area contributed by atoms with E-state index in [0.29, 0.717) is 0 Å². The Kier molecular flexibility index (Phi) is 2.79. The maximum atomic E-state index is 10.9. The molecule has 0 fully saturated rings. The molecule has 1 N–H and O–H groups in total. The number of fused-ring (bicyclic) bond motifs is 1. The summed E-state index contributed by atoms with van der Waals surface area (Å²) in [7, 11) is 2.00. The lowest BCUT2D eigenvalue weighted by molar-refractivity contribution is 0.0696. The first-order chi connectivity index (χ1) is 9.58. The third-order valence-corrected chi connectivity index (χ3v) is 3.53. The van der Waals surface area contributed by atoms with Crippen molar-refractivity contribution in [1.82, 2.24) is 9.55 Å². The lowest BCUT2D eigenvalue weighted by Gasteiger charge is -2.05. The molecule has 100 valence electrons. The van der Waals surface area contributed by atoms with Crippen molar-refractivity contribution in [1.29, 1.82) is 0 Å². The van der Waals surface area contributed by atoms with Gasteiger partial charge in [-0.1, -0.05) is 18.2 Å². The Balaban J connectivity index is 2.17. The molecule has 0 aliphatic carbocycles. The first kappa shape index (κ1) is 12.4. The second-order valence-electron chi connectivity index (χ2n) is 4.84. The number of benzene rings is 1. The number of aryl methyl sites for hydroxylation is 2. The molecule has 2 heterocycles. The van der Waals surface area contributed by atoms with E-state index < -0.39 is 5.97 Å². The van der Waals surface area contributed by atoms with Crippen molar-refractivity contribution in [3.8, 4) is 11.4 Å². The summed E-state index contributed by atoms with van der Waals surface area (Å²) in [6.07, 6.45) is 1.39. The van der Waals surface area contributed by atoms with E-state index >= 15 is 0 Å². The Bertz CT molecular complexity index is 801. The third-order valence-electron chi connectivity index (χ3n) is 3.53. The minimum atomic E-state index is -0.961. The number of para-hydroxylation sites is 1. The normalized spacial score (nSPS) is 10.9. The number of pyridine rings is 1. The third kappa shape index (κ3) is 1.86. The van der Waals surface area contributed by atoms with Gasteiger partial charge in [-0.15, -0.1) is 0 Å². The molecule has 2 aromatic heterocycles. The quantitative estimate of drug-likeness (QED) is 0.774. The molecule has 0 aliphatic rings. The minimum absolute atomic E-state index is 0.198. The Morgan fingerprint density at radius 2 is 2.05 bits per heavy atom. The number of hydrogen-bond donors (Lipinski definition) is 1. The molecule has 1 aromatic carbocycles. The molecule has 0 amide bonds. The van der Waals surface area contributed by atoms with E-state index in [2.05, 4.69) is 34.7 Å². The van der Waals surface area contributed by atoms with E-state index in [-0.39, 0.29) is 5.56 Å². The molecule has 4 nitrogen and oxygen atoms in total. The van der Waals surface area contributed by atoms with Gasteiger partial charge in [0.05, 0.1) is 22.5 Å². The molecule has 3 rings (SSSR count). The molecule has 0 saturated heterocycles. The minimum Gasteiger partial charge on any atom is -0.478 e. The van der Waals surface area contributed by atoms with Crippen LogP contribution in [-0.2, 0) is 7.05 Å². The zero-order valence-electron chi connectivity index (χ0n) is 11.3. The molecule has 0 unspecified atom stereocenters. The Morgan fingerprint density at radius 3 is 2.65 bits per heavy atom. The van der Waals surface area contributed by atoms with Gasteiger partial charge in [0, 0.05) is 18.6 Å². The average Bonchev–Trinajstić information content (AvgIpc) is 2.77. The largest absolute Gasteiger partial charge is 0.478 e. The van der Waals surface area contributed by atoms with Crippen molar-refractivity contribution in [2.45, 2.75) is 6.92 Å². The molecule has 0 aliphatic heterocycles. The fourth-order valence-corrected chi connectivity index (χ4v) is 2.54. The van der Waals surface area contributed by atoms with Crippen molar-refractivity contribution < 1.29 is 9.90 Å². The number of carbonyl (C=O) groups is 1. The van der Waals surface area contributed by atoms with Crippen molar-refractivity contribution in [3.63, 3.8) is 0 Å². The van der Waals surface area contributed by atoms with Gasteiger partial charge in [-0.2, -0.15) is 0 Å². The SMILES string of the molecule is Cc1cccc2cc(-c3ccc(C(=O)O)cn3)n(C)c12. The van der Waals surface area contributed by atoms with Crippen LogP contribution in [0.3, 0.4) is 0 Å². The Hall–Kier alpha value is -2.62. The van der Waals surface area contributed by atoms with Crippen LogP contribution in [0.25, 0.3) is 22.3 Å². The van der Waals surface area contributed by atoms with E-state index in [1.807, 2.05) is 13.1 Å². The second-order valence-corrected chi connectivity index (χ2v) is 4.84. The van der Waals surface area contributed by atoms with Crippen LogP contribution in [0.5, 0.6) is 0 Å². The summed E-state index contributed by atoms with van der Waals surface area (Å²) in [5.41, 5.74) is 4.33. The maximum Gasteiger partial charge on any atom is 0.337 e. The maximum absolute atomic E-state index is 10.9. The number of carboxylic acids is 1. The summed E-state index contributed by atoms with van der Waals surface area (Å²) in [6, 6.07) is 11.6. The molecule has 3 aromatic rings. The number of aromatic carboxylic acids is 1. The van der Waals surface area contributed by atoms with Crippen LogP contribution in [0.2, 0.25) is 0 Å². The lowest BCUT2D eigenvalue weighted by Crippen LogP contribution is -1.99. The zero-order valence-corrected chi connectivity index (χ0v) is 11.3. The molecular formula is C16H14N2O2. The summed E-state index contributed by atoms with van der Waals surface area (Å²) in [4.78, 5) is 15.1. The molecule has 4 heteroatoms. The molecule has 0 atom stereocenters. The monoisotopic (exact) mass is 266 g/mol. The first-order valence-corrected chi connectivity index (χ1v) is 6.32. The van der Waals surface area contributed by atoms with Crippen molar-refractivity contribution >= 4 is 16.9 Å². The van der Waals surface area contributed by atoms with E-state index in [9.17, 15) is 4.79 Å². The predicted octanol–water partition coefficient (Wildman–Crippen LogP) is 3.25. The van der Waals surface area contributed by atoms with Gasteiger partial charge in [0.25, 0.3) is 0 Å². The summed E-state index contributed by atoms with van der Waals surface area (Å²) in [5, 5.41) is 10.1.